The second kappa shape index (κ2) is 7.20. The summed E-state index contributed by atoms with van der Waals surface area (Å²) in [6.45, 7) is 2.04. The van der Waals surface area contributed by atoms with Crippen molar-refractivity contribution < 1.29 is 9.18 Å². The molecule has 0 aromatic carbocycles. The number of carbonyl (C=O) groups excluding carboxylic acids is 1. The number of urea groups is 1. The Balaban J connectivity index is 2.61. The molecule has 1 aromatic heterocycles. The first kappa shape index (κ1) is 14.8. The molecule has 4 nitrogen and oxygen atoms in total. The number of thioether (sulfide) groups is 1. The molecule has 0 spiro atoms. The number of rotatable bonds is 5. The molecule has 1 N–H and O–H groups in total. The maximum atomic E-state index is 12.7. The molecule has 0 saturated heterocycles. The quantitative estimate of drug-likeness (QED) is 0.895. The fourth-order valence-electron chi connectivity index (χ4n) is 1.51. The monoisotopic (exact) mass is 271 g/mol. The van der Waals surface area contributed by atoms with E-state index in [-0.39, 0.29) is 12.1 Å². The van der Waals surface area contributed by atoms with Crippen LogP contribution in [0.3, 0.4) is 0 Å². The van der Waals surface area contributed by atoms with E-state index < -0.39 is 5.82 Å². The summed E-state index contributed by atoms with van der Waals surface area (Å²) >= 11 is 1.70. The first-order chi connectivity index (χ1) is 8.58. The second-order valence-electron chi connectivity index (χ2n) is 3.92. The number of hydrogen-bond donors (Lipinski definition) is 1. The summed E-state index contributed by atoms with van der Waals surface area (Å²) in [5.41, 5.74) is 0. The third-order valence-corrected chi connectivity index (χ3v) is 3.38. The molecule has 18 heavy (non-hydrogen) atoms. The van der Waals surface area contributed by atoms with Crippen LogP contribution in [0.15, 0.2) is 18.3 Å². The first-order valence-corrected chi connectivity index (χ1v) is 7.12. The maximum absolute atomic E-state index is 12.7. The van der Waals surface area contributed by atoms with Crippen LogP contribution in [0, 0.1) is 5.82 Å². The zero-order valence-electron chi connectivity index (χ0n) is 10.8. The molecule has 0 aliphatic heterocycles. The highest BCUT2D eigenvalue weighted by Gasteiger charge is 2.18. The van der Waals surface area contributed by atoms with E-state index in [1.807, 2.05) is 13.2 Å². The van der Waals surface area contributed by atoms with Crippen molar-refractivity contribution >= 4 is 23.6 Å². The molecule has 1 aromatic rings. The largest absolute Gasteiger partial charge is 0.324 e. The smallest absolute Gasteiger partial charge is 0.323 e. The Hall–Kier alpha value is -1.30. The Morgan fingerprint density at radius 2 is 2.33 bits per heavy atom. The average Bonchev–Trinajstić information content (AvgIpc) is 2.37. The van der Waals surface area contributed by atoms with Gasteiger partial charge in [-0.1, -0.05) is 6.92 Å². The highest BCUT2D eigenvalue weighted by atomic mass is 32.2. The highest BCUT2D eigenvalue weighted by molar-refractivity contribution is 7.98. The number of hydrogen-bond acceptors (Lipinski definition) is 3. The predicted octanol–water partition coefficient (Wildman–Crippen LogP) is 2.83. The molecule has 100 valence electrons. The standard InChI is InChI=1S/C12H18FN3OS/c1-4-10(8-18-3)16(2)12(17)15-11-6-5-9(13)7-14-11/h5-7,10H,4,8H2,1-3H3,(H,14,15,17). The number of carbonyl (C=O) groups is 1. The minimum atomic E-state index is -0.421. The SMILES string of the molecule is CCC(CSC)N(C)C(=O)Nc1ccc(F)cn1. The lowest BCUT2D eigenvalue weighted by atomic mass is 10.2. The third kappa shape index (κ3) is 4.18. The van der Waals surface area contributed by atoms with Gasteiger partial charge in [-0.25, -0.2) is 14.2 Å². The van der Waals surface area contributed by atoms with Crippen molar-refractivity contribution in [2.24, 2.45) is 0 Å². The first-order valence-electron chi connectivity index (χ1n) is 5.72. The number of nitrogens with one attached hydrogen (secondary N) is 1. The highest BCUT2D eigenvalue weighted by Crippen LogP contribution is 2.11. The lowest BCUT2D eigenvalue weighted by molar-refractivity contribution is 0.207. The molecule has 1 heterocycles. The molecule has 0 radical (unpaired) electrons. The van der Waals surface area contributed by atoms with E-state index in [0.717, 1.165) is 18.4 Å². The molecule has 1 unspecified atom stereocenters. The predicted molar refractivity (Wildman–Crippen MR) is 73.4 cm³/mol. The number of anilines is 1. The van der Waals surface area contributed by atoms with Gasteiger partial charge in [0.25, 0.3) is 0 Å². The summed E-state index contributed by atoms with van der Waals surface area (Å²) in [6, 6.07) is 2.66. The van der Waals surface area contributed by atoms with E-state index in [0.29, 0.717) is 5.82 Å². The van der Waals surface area contributed by atoms with Gasteiger partial charge in [0, 0.05) is 18.8 Å². The topological polar surface area (TPSA) is 45.2 Å². The van der Waals surface area contributed by atoms with Gasteiger partial charge in [-0.3, -0.25) is 5.32 Å². The van der Waals surface area contributed by atoms with Crippen molar-refractivity contribution in [2.75, 3.05) is 24.4 Å². The second-order valence-corrected chi connectivity index (χ2v) is 4.83. The Morgan fingerprint density at radius 1 is 1.61 bits per heavy atom. The van der Waals surface area contributed by atoms with Crippen LogP contribution in [-0.2, 0) is 0 Å². The van der Waals surface area contributed by atoms with Crippen LogP contribution in [0.1, 0.15) is 13.3 Å². The molecule has 2 amide bonds. The van der Waals surface area contributed by atoms with Crippen LogP contribution in [0.2, 0.25) is 0 Å². The minimum absolute atomic E-state index is 0.181. The summed E-state index contributed by atoms with van der Waals surface area (Å²) in [4.78, 5) is 17.4. The van der Waals surface area contributed by atoms with Crippen LogP contribution < -0.4 is 5.32 Å². The van der Waals surface area contributed by atoms with E-state index in [1.165, 1.54) is 12.1 Å². The van der Waals surface area contributed by atoms with E-state index in [4.69, 9.17) is 0 Å². The molecule has 0 aliphatic rings. The molecular formula is C12H18FN3OS. The lowest BCUT2D eigenvalue weighted by Gasteiger charge is -2.26. The number of halogens is 1. The van der Waals surface area contributed by atoms with Crippen LogP contribution in [0.5, 0.6) is 0 Å². The summed E-state index contributed by atoms with van der Waals surface area (Å²) < 4.78 is 12.7. The Morgan fingerprint density at radius 3 is 2.83 bits per heavy atom. The summed E-state index contributed by atoms with van der Waals surface area (Å²) in [5.74, 6) is 0.819. The van der Waals surface area contributed by atoms with Crippen molar-refractivity contribution in [3.63, 3.8) is 0 Å². The van der Waals surface area contributed by atoms with Gasteiger partial charge in [0.1, 0.15) is 11.6 Å². The number of pyridine rings is 1. The fourth-order valence-corrected chi connectivity index (χ4v) is 2.35. The van der Waals surface area contributed by atoms with Crippen LogP contribution in [-0.4, -0.2) is 41.0 Å². The number of aromatic nitrogens is 1. The van der Waals surface area contributed by atoms with Gasteiger partial charge in [0.15, 0.2) is 0 Å². The molecule has 0 fully saturated rings. The zero-order valence-corrected chi connectivity index (χ0v) is 11.6. The van der Waals surface area contributed by atoms with Gasteiger partial charge >= 0.3 is 6.03 Å². The lowest BCUT2D eigenvalue weighted by Crippen LogP contribution is -2.41. The van der Waals surface area contributed by atoms with Gasteiger partial charge in [-0.05, 0) is 24.8 Å². The van der Waals surface area contributed by atoms with Crippen LogP contribution in [0.4, 0.5) is 15.0 Å². The summed E-state index contributed by atoms with van der Waals surface area (Å²) in [6.07, 6.45) is 3.98. The van der Waals surface area contributed by atoms with Crippen molar-refractivity contribution in [3.05, 3.63) is 24.1 Å². The van der Waals surface area contributed by atoms with Crippen molar-refractivity contribution in [3.8, 4) is 0 Å². The molecular weight excluding hydrogens is 253 g/mol. The van der Waals surface area contributed by atoms with E-state index in [1.54, 1.807) is 23.7 Å². The van der Waals surface area contributed by atoms with Crippen molar-refractivity contribution in [1.29, 1.82) is 0 Å². The zero-order chi connectivity index (χ0) is 13.5. The van der Waals surface area contributed by atoms with Gasteiger partial charge < -0.3 is 4.90 Å². The van der Waals surface area contributed by atoms with E-state index in [2.05, 4.69) is 10.3 Å². The van der Waals surface area contributed by atoms with Crippen molar-refractivity contribution in [1.82, 2.24) is 9.88 Å². The molecule has 0 saturated carbocycles. The van der Waals surface area contributed by atoms with E-state index in [9.17, 15) is 9.18 Å². The molecule has 6 heteroatoms. The normalized spacial score (nSPS) is 12.0. The van der Waals surface area contributed by atoms with Gasteiger partial charge in [-0.2, -0.15) is 11.8 Å². The number of nitrogens with zero attached hydrogens (tertiary/aromatic N) is 2. The molecule has 1 rings (SSSR count). The minimum Gasteiger partial charge on any atom is -0.324 e. The fraction of sp³-hybridized carbons (Fsp3) is 0.500. The van der Waals surface area contributed by atoms with Gasteiger partial charge in [-0.15, -0.1) is 0 Å². The van der Waals surface area contributed by atoms with E-state index >= 15 is 0 Å². The molecule has 1 atom stereocenters. The average molecular weight is 271 g/mol. The van der Waals surface area contributed by atoms with Crippen LogP contribution >= 0.6 is 11.8 Å². The van der Waals surface area contributed by atoms with Crippen LogP contribution in [0.25, 0.3) is 0 Å². The van der Waals surface area contributed by atoms with Gasteiger partial charge in [0.05, 0.1) is 6.20 Å². The third-order valence-electron chi connectivity index (χ3n) is 2.66. The Bertz CT molecular complexity index is 385. The molecule has 0 bridgehead atoms. The van der Waals surface area contributed by atoms with Gasteiger partial charge in [0.2, 0.25) is 0 Å². The Kier molecular flexibility index (Phi) is 5.91. The summed E-state index contributed by atoms with van der Waals surface area (Å²) in [5, 5.41) is 2.64. The summed E-state index contributed by atoms with van der Waals surface area (Å²) in [7, 11) is 1.75. The number of amides is 2. The van der Waals surface area contributed by atoms with Crippen molar-refractivity contribution in [2.45, 2.75) is 19.4 Å². The maximum Gasteiger partial charge on any atom is 0.323 e. The Labute approximate surface area is 111 Å². The molecule has 0 aliphatic carbocycles.